The smallest absolute Gasteiger partial charge is 0.335 e. The third kappa shape index (κ3) is 4.74. The highest BCUT2D eigenvalue weighted by atomic mass is 32.2. The van der Waals surface area contributed by atoms with Crippen molar-refractivity contribution in [3.8, 4) is 0 Å². The highest BCUT2D eigenvalue weighted by Crippen LogP contribution is 2.32. The topological polar surface area (TPSA) is 57.6 Å². The molecule has 126 valence electrons. The van der Waals surface area contributed by atoms with E-state index in [1.165, 1.54) is 6.42 Å². The molecule has 0 aromatic heterocycles. The molecule has 0 bridgehead atoms. The van der Waals surface area contributed by atoms with Gasteiger partial charge in [-0.3, -0.25) is 4.79 Å². The van der Waals surface area contributed by atoms with Crippen molar-refractivity contribution in [2.45, 2.75) is 50.3 Å². The Balaban J connectivity index is 1.89. The number of rotatable bonds is 7. The lowest BCUT2D eigenvalue weighted by atomic mass is 10.0. The molecule has 1 amide bonds. The van der Waals surface area contributed by atoms with Gasteiger partial charge < -0.3 is 10.0 Å². The second-order valence-corrected chi connectivity index (χ2v) is 7.59. The van der Waals surface area contributed by atoms with Crippen LogP contribution in [0.5, 0.6) is 0 Å². The number of carboxylic acids is 1. The zero-order chi connectivity index (χ0) is 16.8. The number of carboxylic acid groups (broad SMARTS) is 1. The number of benzene rings is 1. The van der Waals surface area contributed by atoms with Crippen LogP contribution in [0.4, 0.5) is 0 Å². The Morgan fingerprint density at radius 3 is 2.74 bits per heavy atom. The van der Waals surface area contributed by atoms with Gasteiger partial charge in [0, 0.05) is 24.8 Å². The normalized spacial score (nSPS) is 20.4. The zero-order valence-corrected chi connectivity index (χ0v) is 14.6. The van der Waals surface area contributed by atoms with E-state index in [1.807, 2.05) is 29.8 Å². The van der Waals surface area contributed by atoms with E-state index < -0.39 is 5.97 Å². The maximum atomic E-state index is 12.4. The highest BCUT2D eigenvalue weighted by molar-refractivity contribution is 7.99. The predicted molar refractivity (Wildman–Crippen MR) is 94.1 cm³/mol. The third-order valence-electron chi connectivity index (χ3n) is 4.56. The average Bonchev–Trinajstić information content (AvgIpc) is 3.01. The van der Waals surface area contributed by atoms with Crippen molar-refractivity contribution in [1.82, 2.24) is 4.90 Å². The van der Waals surface area contributed by atoms with Crippen LogP contribution in [0.3, 0.4) is 0 Å². The highest BCUT2D eigenvalue weighted by Gasteiger charge is 2.29. The number of amides is 1. The van der Waals surface area contributed by atoms with E-state index in [-0.39, 0.29) is 5.91 Å². The van der Waals surface area contributed by atoms with Crippen LogP contribution in [0.15, 0.2) is 24.3 Å². The van der Waals surface area contributed by atoms with Gasteiger partial charge >= 0.3 is 5.97 Å². The van der Waals surface area contributed by atoms with Crippen LogP contribution in [0.25, 0.3) is 0 Å². The predicted octanol–water partition coefficient (Wildman–Crippen LogP) is 3.45. The first kappa shape index (κ1) is 17.9. The first-order chi connectivity index (χ1) is 11.0. The molecule has 2 unspecified atom stereocenters. The van der Waals surface area contributed by atoms with Crippen molar-refractivity contribution in [1.29, 1.82) is 0 Å². The summed E-state index contributed by atoms with van der Waals surface area (Å²) in [4.78, 5) is 25.5. The molecule has 5 heteroatoms. The Labute approximate surface area is 142 Å². The second-order valence-electron chi connectivity index (χ2n) is 6.01. The number of hydrogen-bond acceptors (Lipinski definition) is 3. The number of nitrogens with zero attached hydrogens (tertiary/aromatic N) is 1. The molecule has 4 nitrogen and oxygen atoms in total. The summed E-state index contributed by atoms with van der Waals surface area (Å²) >= 11 is 1.98. The molecule has 2 atom stereocenters. The standard InChI is InChI=1S/C18H25NO3S/c1-3-23-15-10-9-14(12-15)19(2)17(20)11-8-13-6-4-5-7-16(13)18(21)22/h4-7,14-15H,3,8-12H2,1-2H3,(H,21,22). The molecule has 0 heterocycles. The van der Waals surface area contributed by atoms with Gasteiger partial charge in [-0.05, 0) is 43.1 Å². The molecule has 1 saturated carbocycles. The maximum absolute atomic E-state index is 12.4. The molecule has 1 aliphatic carbocycles. The van der Waals surface area contributed by atoms with Gasteiger partial charge in [-0.15, -0.1) is 0 Å². The van der Waals surface area contributed by atoms with E-state index >= 15 is 0 Å². The molecule has 1 aromatic rings. The van der Waals surface area contributed by atoms with Gasteiger partial charge in [-0.2, -0.15) is 11.8 Å². The van der Waals surface area contributed by atoms with Crippen molar-refractivity contribution in [3.05, 3.63) is 35.4 Å². The molecule has 1 aromatic carbocycles. The number of carbonyl (C=O) groups is 2. The largest absolute Gasteiger partial charge is 0.478 e. The Kier molecular flexibility index (Phi) is 6.51. The first-order valence-electron chi connectivity index (χ1n) is 8.21. The van der Waals surface area contributed by atoms with Gasteiger partial charge in [0.25, 0.3) is 0 Å². The number of aromatic carboxylic acids is 1. The molecular formula is C18H25NO3S. The van der Waals surface area contributed by atoms with Crippen LogP contribution in [-0.4, -0.2) is 46.0 Å². The summed E-state index contributed by atoms with van der Waals surface area (Å²) in [6.45, 7) is 2.17. The average molecular weight is 335 g/mol. The summed E-state index contributed by atoms with van der Waals surface area (Å²) in [5.74, 6) is 0.301. The van der Waals surface area contributed by atoms with Crippen LogP contribution >= 0.6 is 11.8 Å². The summed E-state index contributed by atoms with van der Waals surface area (Å²) in [5.41, 5.74) is 1.02. The van der Waals surface area contributed by atoms with Crippen LogP contribution < -0.4 is 0 Å². The number of thioether (sulfide) groups is 1. The number of hydrogen-bond donors (Lipinski definition) is 1. The van der Waals surface area contributed by atoms with Crippen LogP contribution in [0, 0.1) is 0 Å². The molecule has 0 radical (unpaired) electrons. The third-order valence-corrected chi connectivity index (χ3v) is 5.79. The molecule has 2 rings (SSSR count). The minimum atomic E-state index is -0.934. The molecule has 0 aliphatic heterocycles. The SMILES string of the molecule is CCSC1CCC(N(C)C(=O)CCc2ccccc2C(=O)O)C1. The monoisotopic (exact) mass is 335 g/mol. The summed E-state index contributed by atoms with van der Waals surface area (Å²) in [5, 5.41) is 9.87. The first-order valence-corrected chi connectivity index (χ1v) is 9.26. The van der Waals surface area contributed by atoms with Gasteiger partial charge in [0.05, 0.1) is 5.56 Å². The fourth-order valence-corrected chi connectivity index (χ4v) is 4.36. The Morgan fingerprint density at radius 1 is 1.30 bits per heavy atom. The van der Waals surface area contributed by atoms with Crippen molar-refractivity contribution < 1.29 is 14.7 Å². The van der Waals surface area contributed by atoms with E-state index in [9.17, 15) is 14.7 Å². The van der Waals surface area contributed by atoms with E-state index in [0.29, 0.717) is 29.7 Å². The summed E-state index contributed by atoms with van der Waals surface area (Å²) < 4.78 is 0. The fraction of sp³-hybridized carbons (Fsp3) is 0.556. The molecule has 1 fully saturated rings. The van der Waals surface area contributed by atoms with Gasteiger partial charge in [0.2, 0.25) is 5.91 Å². The maximum Gasteiger partial charge on any atom is 0.335 e. The van der Waals surface area contributed by atoms with E-state index in [0.717, 1.165) is 24.2 Å². The molecule has 0 spiro atoms. The molecular weight excluding hydrogens is 310 g/mol. The molecule has 1 N–H and O–H groups in total. The minimum Gasteiger partial charge on any atom is -0.478 e. The van der Waals surface area contributed by atoms with E-state index in [2.05, 4.69) is 6.92 Å². The number of aryl methyl sites for hydroxylation is 1. The van der Waals surface area contributed by atoms with Crippen LogP contribution in [0.2, 0.25) is 0 Å². The second kappa shape index (κ2) is 8.39. The van der Waals surface area contributed by atoms with Crippen molar-refractivity contribution in [3.63, 3.8) is 0 Å². The van der Waals surface area contributed by atoms with Crippen molar-refractivity contribution in [2.75, 3.05) is 12.8 Å². The lowest BCUT2D eigenvalue weighted by Crippen LogP contribution is -2.35. The summed E-state index contributed by atoms with van der Waals surface area (Å²) in [6, 6.07) is 7.25. The number of carbonyl (C=O) groups excluding carboxylic acids is 1. The molecule has 0 saturated heterocycles. The Hall–Kier alpha value is -1.49. The minimum absolute atomic E-state index is 0.109. The van der Waals surface area contributed by atoms with Crippen LogP contribution in [0.1, 0.15) is 48.5 Å². The van der Waals surface area contributed by atoms with Gasteiger partial charge in [0.15, 0.2) is 0 Å². The fourth-order valence-electron chi connectivity index (χ4n) is 3.22. The van der Waals surface area contributed by atoms with E-state index in [4.69, 9.17) is 0 Å². The summed E-state index contributed by atoms with van der Waals surface area (Å²) in [6.07, 6.45) is 4.18. The van der Waals surface area contributed by atoms with Gasteiger partial charge in [-0.1, -0.05) is 25.1 Å². The van der Waals surface area contributed by atoms with E-state index in [1.54, 1.807) is 18.2 Å². The molecule has 1 aliphatic rings. The lowest BCUT2D eigenvalue weighted by Gasteiger charge is -2.25. The van der Waals surface area contributed by atoms with Gasteiger partial charge in [-0.25, -0.2) is 4.79 Å². The zero-order valence-electron chi connectivity index (χ0n) is 13.8. The summed E-state index contributed by atoms with van der Waals surface area (Å²) in [7, 11) is 1.88. The van der Waals surface area contributed by atoms with Gasteiger partial charge in [0.1, 0.15) is 0 Å². The Morgan fingerprint density at radius 2 is 2.04 bits per heavy atom. The quantitative estimate of drug-likeness (QED) is 0.829. The Bertz CT molecular complexity index is 561. The van der Waals surface area contributed by atoms with Crippen molar-refractivity contribution in [2.24, 2.45) is 0 Å². The molecule has 23 heavy (non-hydrogen) atoms. The lowest BCUT2D eigenvalue weighted by molar-refractivity contribution is -0.131. The van der Waals surface area contributed by atoms with Crippen molar-refractivity contribution >= 4 is 23.6 Å². The van der Waals surface area contributed by atoms with Crippen LogP contribution in [-0.2, 0) is 11.2 Å².